The van der Waals surface area contributed by atoms with E-state index in [1.54, 1.807) is 0 Å². The van der Waals surface area contributed by atoms with Crippen molar-refractivity contribution >= 4 is 0 Å². The van der Waals surface area contributed by atoms with Crippen LogP contribution in [-0.2, 0) is 9.47 Å². The van der Waals surface area contributed by atoms with Crippen LogP contribution in [-0.4, -0.2) is 26.4 Å². The van der Waals surface area contributed by atoms with Crippen LogP contribution in [0.25, 0.3) is 0 Å². The first-order valence-electron chi connectivity index (χ1n) is 4.44. The SMILES string of the molecule is CC(C)COCC1CCOC1. The van der Waals surface area contributed by atoms with Gasteiger partial charge in [0.25, 0.3) is 0 Å². The van der Waals surface area contributed by atoms with Crippen molar-refractivity contribution < 1.29 is 9.47 Å². The fourth-order valence-corrected chi connectivity index (χ4v) is 1.19. The molecule has 1 unspecified atom stereocenters. The molecular formula is C9H18O2. The molecule has 0 amide bonds. The van der Waals surface area contributed by atoms with Crippen molar-refractivity contribution in [2.24, 2.45) is 11.8 Å². The van der Waals surface area contributed by atoms with E-state index in [1.807, 2.05) is 0 Å². The molecule has 0 saturated carbocycles. The van der Waals surface area contributed by atoms with Gasteiger partial charge in [0.05, 0.1) is 13.2 Å². The lowest BCUT2D eigenvalue weighted by Crippen LogP contribution is -2.12. The zero-order valence-electron chi connectivity index (χ0n) is 7.51. The average molecular weight is 158 g/mol. The Morgan fingerprint density at radius 1 is 1.55 bits per heavy atom. The lowest BCUT2D eigenvalue weighted by atomic mass is 10.1. The molecule has 66 valence electrons. The van der Waals surface area contributed by atoms with Gasteiger partial charge in [0.2, 0.25) is 0 Å². The zero-order valence-corrected chi connectivity index (χ0v) is 7.51. The topological polar surface area (TPSA) is 18.5 Å². The Bertz CT molecular complexity index is 95.7. The molecule has 0 aliphatic carbocycles. The quantitative estimate of drug-likeness (QED) is 0.620. The summed E-state index contributed by atoms with van der Waals surface area (Å²) in [6.45, 7) is 7.94. The molecule has 1 rings (SSSR count). The predicted octanol–water partition coefficient (Wildman–Crippen LogP) is 1.70. The van der Waals surface area contributed by atoms with Crippen molar-refractivity contribution in [3.63, 3.8) is 0 Å². The third-order valence-corrected chi connectivity index (χ3v) is 1.83. The summed E-state index contributed by atoms with van der Waals surface area (Å²) in [5, 5.41) is 0. The Labute approximate surface area is 68.9 Å². The second-order valence-corrected chi connectivity index (χ2v) is 3.66. The molecule has 1 heterocycles. The maximum absolute atomic E-state index is 5.50. The van der Waals surface area contributed by atoms with Gasteiger partial charge in [-0.25, -0.2) is 0 Å². The van der Waals surface area contributed by atoms with Crippen LogP contribution in [0.2, 0.25) is 0 Å². The summed E-state index contributed by atoms with van der Waals surface area (Å²) in [5.41, 5.74) is 0. The van der Waals surface area contributed by atoms with E-state index in [1.165, 1.54) is 6.42 Å². The van der Waals surface area contributed by atoms with Crippen molar-refractivity contribution in [2.45, 2.75) is 20.3 Å². The Morgan fingerprint density at radius 2 is 2.36 bits per heavy atom. The van der Waals surface area contributed by atoms with Gasteiger partial charge >= 0.3 is 0 Å². The summed E-state index contributed by atoms with van der Waals surface area (Å²) in [7, 11) is 0. The van der Waals surface area contributed by atoms with Crippen molar-refractivity contribution in [2.75, 3.05) is 26.4 Å². The molecule has 1 atom stereocenters. The third kappa shape index (κ3) is 3.73. The Balaban J connectivity index is 1.94. The van der Waals surface area contributed by atoms with Gasteiger partial charge in [-0.05, 0) is 12.3 Å². The number of hydrogen-bond acceptors (Lipinski definition) is 2. The molecule has 2 nitrogen and oxygen atoms in total. The number of rotatable bonds is 4. The van der Waals surface area contributed by atoms with E-state index >= 15 is 0 Å². The molecule has 1 fully saturated rings. The molecule has 0 N–H and O–H groups in total. The van der Waals surface area contributed by atoms with E-state index in [9.17, 15) is 0 Å². The molecule has 0 aromatic carbocycles. The molecule has 1 aliphatic heterocycles. The minimum absolute atomic E-state index is 0.650. The predicted molar refractivity (Wildman–Crippen MR) is 44.6 cm³/mol. The lowest BCUT2D eigenvalue weighted by Gasteiger charge is -2.09. The van der Waals surface area contributed by atoms with Crippen LogP contribution in [0.1, 0.15) is 20.3 Å². The van der Waals surface area contributed by atoms with Crippen molar-refractivity contribution in [1.29, 1.82) is 0 Å². The van der Waals surface area contributed by atoms with Crippen molar-refractivity contribution in [3.05, 3.63) is 0 Å². The van der Waals surface area contributed by atoms with Gasteiger partial charge in [0, 0.05) is 19.1 Å². The highest BCUT2D eigenvalue weighted by Crippen LogP contribution is 2.12. The maximum Gasteiger partial charge on any atom is 0.0517 e. The zero-order chi connectivity index (χ0) is 8.10. The second-order valence-electron chi connectivity index (χ2n) is 3.66. The average Bonchev–Trinajstić information content (AvgIpc) is 2.39. The summed E-state index contributed by atoms with van der Waals surface area (Å²) in [4.78, 5) is 0. The molecular weight excluding hydrogens is 140 g/mol. The first-order chi connectivity index (χ1) is 5.29. The fraction of sp³-hybridized carbons (Fsp3) is 1.00. The van der Waals surface area contributed by atoms with Gasteiger partial charge in [-0.3, -0.25) is 0 Å². The highest BCUT2D eigenvalue weighted by Gasteiger charge is 2.15. The highest BCUT2D eigenvalue weighted by atomic mass is 16.5. The Hall–Kier alpha value is -0.0800. The highest BCUT2D eigenvalue weighted by molar-refractivity contribution is 4.62. The minimum Gasteiger partial charge on any atom is -0.381 e. The second kappa shape index (κ2) is 4.73. The largest absolute Gasteiger partial charge is 0.381 e. The first-order valence-corrected chi connectivity index (χ1v) is 4.44. The van der Waals surface area contributed by atoms with Crippen LogP contribution in [0.5, 0.6) is 0 Å². The number of hydrogen-bond donors (Lipinski definition) is 0. The van der Waals surface area contributed by atoms with E-state index in [0.717, 1.165) is 26.4 Å². The molecule has 0 aromatic rings. The Morgan fingerprint density at radius 3 is 2.91 bits per heavy atom. The monoisotopic (exact) mass is 158 g/mol. The molecule has 0 spiro atoms. The van der Waals surface area contributed by atoms with E-state index in [2.05, 4.69) is 13.8 Å². The van der Waals surface area contributed by atoms with E-state index in [4.69, 9.17) is 9.47 Å². The van der Waals surface area contributed by atoms with Crippen molar-refractivity contribution in [1.82, 2.24) is 0 Å². The van der Waals surface area contributed by atoms with Gasteiger partial charge in [-0.1, -0.05) is 13.8 Å². The summed E-state index contributed by atoms with van der Waals surface area (Å²) in [6.07, 6.45) is 1.18. The molecule has 1 aliphatic rings. The summed E-state index contributed by atoms with van der Waals surface area (Å²) in [6, 6.07) is 0. The van der Waals surface area contributed by atoms with Gasteiger partial charge in [0.1, 0.15) is 0 Å². The van der Waals surface area contributed by atoms with Gasteiger partial charge in [0.15, 0.2) is 0 Å². The van der Waals surface area contributed by atoms with Gasteiger partial charge in [-0.15, -0.1) is 0 Å². The molecule has 11 heavy (non-hydrogen) atoms. The van der Waals surface area contributed by atoms with Crippen molar-refractivity contribution in [3.8, 4) is 0 Å². The van der Waals surface area contributed by atoms with Crippen LogP contribution in [0.3, 0.4) is 0 Å². The van der Waals surface area contributed by atoms with Crippen LogP contribution >= 0.6 is 0 Å². The lowest BCUT2D eigenvalue weighted by molar-refractivity contribution is 0.0729. The summed E-state index contributed by atoms with van der Waals surface area (Å²) >= 11 is 0. The van der Waals surface area contributed by atoms with E-state index in [0.29, 0.717) is 11.8 Å². The molecule has 1 saturated heterocycles. The molecule has 0 radical (unpaired) electrons. The van der Waals surface area contributed by atoms with Crippen LogP contribution in [0, 0.1) is 11.8 Å². The summed E-state index contributed by atoms with van der Waals surface area (Å²) in [5.74, 6) is 1.31. The smallest absolute Gasteiger partial charge is 0.0517 e. The molecule has 2 heteroatoms. The van der Waals surface area contributed by atoms with Crippen LogP contribution in [0.4, 0.5) is 0 Å². The minimum atomic E-state index is 0.650. The standard InChI is InChI=1S/C9H18O2/c1-8(2)5-11-7-9-3-4-10-6-9/h8-9H,3-7H2,1-2H3. The summed E-state index contributed by atoms with van der Waals surface area (Å²) < 4.78 is 10.7. The van der Waals surface area contributed by atoms with Crippen LogP contribution in [0.15, 0.2) is 0 Å². The molecule has 0 aromatic heterocycles. The van der Waals surface area contributed by atoms with Crippen LogP contribution < -0.4 is 0 Å². The maximum atomic E-state index is 5.50. The normalized spacial score (nSPS) is 24.8. The Kier molecular flexibility index (Phi) is 3.87. The van der Waals surface area contributed by atoms with E-state index < -0.39 is 0 Å². The number of ether oxygens (including phenoxy) is 2. The van der Waals surface area contributed by atoms with Gasteiger partial charge in [-0.2, -0.15) is 0 Å². The van der Waals surface area contributed by atoms with Gasteiger partial charge < -0.3 is 9.47 Å². The van der Waals surface area contributed by atoms with E-state index in [-0.39, 0.29) is 0 Å². The third-order valence-electron chi connectivity index (χ3n) is 1.83. The molecule has 0 bridgehead atoms. The fourth-order valence-electron chi connectivity index (χ4n) is 1.19. The first kappa shape index (κ1) is 9.01.